The van der Waals surface area contributed by atoms with Crippen molar-refractivity contribution in [3.05, 3.63) is 29.8 Å². The molecule has 3 heteroatoms. The number of anilines is 1. The molecule has 1 aromatic rings. The van der Waals surface area contributed by atoms with Gasteiger partial charge in [0.1, 0.15) is 0 Å². The molecule has 1 saturated heterocycles. The molecule has 1 aliphatic rings. The molecule has 0 amide bonds. The molecule has 1 aliphatic heterocycles. The number of benzene rings is 1. The summed E-state index contributed by atoms with van der Waals surface area (Å²) in [5.41, 5.74) is 9.05. The van der Waals surface area contributed by atoms with Crippen LogP contribution in [-0.2, 0) is 0 Å². The van der Waals surface area contributed by atoms with Gasteiger partial charge in [-0.2, -0.15) is 0 Å². The van der Waals surface area contributed by atoms with Gasteiger partial charge in [0.2, 0.25) is 0 Å². The van der Waals surface area contributed by atoms with Crippen LogP contribution in [0.2, 0.25) is 0 Å². The first kappa shape index (κ1) is 16.3. The van der Waals surface area contributed by atoms with Gasteiger partial charge in [0.05, 0.1) is 5.54 Å². The molecule has 118 valence electrons. The highest BCUT2D eigenvalue weighted by Crippen LogP contribution is 2.32. The van der Waals surface area contributed by atoms with E-state index in [1.54, 1.807) is 0 Å². The summed E-state index contributed by atoms with van der Waals surface area (Å²) in [6, 6.07) is 8.85. The van der Waals surface area contributed by atoms with E-state index in [2.05, 4.69) is 54.8 Å². The number of hydrogen-bond acceptors (Lipinski definition) is 3. The maximum absolute atomic E-state index is 6.29. The van der Waals surface area contributed by atoms with Gasteiger partial charge in [-0.25, -0.2) is 0 Å². The van der Waals surface area contributed by atoms with Gasteiger partial charge in [-0.15, -0.1) is 0 Å². The minimum Gasteiger partial charge on any atom is -0.365 e. The van der Waals surface area contributed by atoms with Gasteiger partial charge in [0.15, 0.2) is 0 Å². The molecular weight excluding hydrogens is 258 g/mol. The van der Waals surface area contributed by atoms with E-state index < -0.39 is 0 Å². The van der Waals surface area contributed by atoms with Crippen molar-refractivity contribution in [1.29, 1.82) is 0 Å². The lowest BCUT2D eigenvalue weighted by Crippen LogP contribution is -2.54. The Labute approximate surface area is 130 Å². The van der Waals surface area contributed by atoms with Crippen LogP contribution in [0.4, 0.5) is 5.69 Å². The van der Waals surface area contributed by atoms with E-state index in [4.69, 9.17) is 5.73 Å². The van der Waals surface area contributed by atoms with Crippen molar-refractivity contribution >= 4 is 5.69 Å². The molecule has 3 nitrogen and oxygen atoms in total. The molecule has 0 radical (unpaired) electrons. The summed E-state index contributed by atoms with van der Waals surface area (Å²) in [4.78, 5) is 5.11. The SMILES string of the molecule is CCN1CCCC(CN)(N(CC)c2cccc(C)c2)CC1. The monoisotopic (exact) mass is 289 g/mol. The Morgan fingerprint density at radius 1 is 1.24 bits per heavy atom. The van der Waals surface area contributed by atoms with Gasteiger partial charge < -0.3 is 15.5 Å². The molecule has 1 unspecified atom stereocenters. The smallest absolute Gasteiger partial charge is 0.0536 e. The molecule has 1 fully saturated rings. The number of likely N-dealkylation sites (tertiary alicyclic amines) is 1. The fourth-order valence-corrected chi connectivity index (χ4v) is 3.72. The summed E-state index contributed by atoms with van der Waals surface area (Å²) >= 11 is 0. The maximum Gasteiger partial charge on any atom is 0.0536 e. The van der Waals surface area contributed by atoms with Crippen molar-refractivity contribution in [1.82, 2.24) is 4.90 Å². The highest BCUT2D eigenvalue weighted by molar-refractivity contribution is 5.51. The van der Waals surface area contributed by atoms with Crippen molar-refractivity contribution < 1.29 is 0 Å². The van der Waals surface area contributed by atoms with Crippen LogP contribution in [0.5, 0.6) is 0 Å². The van der Waals surface area contributed by atoms with Crippen LogP contribution >= 0.6 is 0 Å². The lowest BCUT2D eigenvalue weighted by atomic mass is 9.87. The van der Waals surface area contributed by atoms with E-state index in [0.717, 1.165) is 26.2 Å². The average molecular weight is 289 g/mol. The molecule has 21 heavy (non-hydrogen) atoms. The third-order valence-corrected chi connectivity index (χ3v) is 5.04. The molecule has 2 rings (SSSR count). The predicted octanol–water partition coefficient (Wildman–Crippen LogP) is 3.02. The summed E-state index contributed by atoms with van der Waals surface area (Å²) in [6.45, 7) is 12.0. The Morgan fingerprint density at radius 3 is 2.67 bits per heavy atom. The number of hydrogen-bond donors (Lipinski definition) is 1. The zero-order valence-corrected chi connectivity index (χ0v) is 13.9. The molecule has 1 heterocycles. The van der Waals surface area contributed by atoms with Gasteiger partial charge in [-0.1, -0.05) is 19.1 Å². The fraction of sp³-hybridized carbons (Fsp3) is 0.667. The van der Waals surface area contributed by atoms with Gasteiger partial charge in [0.25, 0.3) is 0 Å². The third-order valence-electron chi connectivity index (χ3n) is 5.04. The average Bonchev–Trinajstić information content (AvgIpc) is 2.71. The Morgan fingerprint density at radius 2 is 2.05 bits per heavy atom. The quantitative estimate of drug-likeness (QED) is 0.904. The second kappa shape index (κ2) is 7.28. The van der Waals surface area contributed by atoms with Crippen molar-refractivity contribution in [2.45, 2.75) is 45.6 Å². The standard InChI is InChI=1S/C18H31N3/c1-4-20-12-7-10-18(15-19,11-13-20)21(5-2)17-9-6-8-16(3)14-17/h6,8-9,14H,4-5,7,10-13,15,19H2,1-3H3. The van der Waals surface area contributed by atoms with Gasteiger partial charge >= 0.3 is 0 Å². The van der Waals surface area contributed by atoms with E-state index in [1.165, 1.54) is 37.1 Å². The molecular formula is C18H31N3. The minimum atomic E-state index is 0.118. The molecule has 1 aromatic carbocycles. The fourth-order valence-electron chi connectivity index (χ4n) is 3.72. The molecule has 0 aromatic heterocycles. The molecule has 1 atom stereocenters. The number of likely N-dealkylation sites (N-methyl/N-ethyl adjacent to an activating group) is 1. The van der Waals surface area contributed by atoms with Crippen molar-refractivity contribution in [2.24, 2.45) is 5.73 Å². The van der Waals surface area contributed by atoms with Crippen LogP contribution in [0.15, 0.2) is 24.3 Å². The molecule has 0 saturated carbocycles. The van der Waals surface area contributed by atoms with Gasteiger partial charge in [-0.05, 0) is 63.9 Å². The molecule has 0 aliphatic carbocycles. The topological polar surface area (TPSA) is 32.5 Å². The van der Waals surface area contributed by atoms with Crippen molar-refractivity contribution in [3.63, 3.8) is 0 Å². The largest absolute Gasteiger partial charge is 0.365 e. The van der Waals surface area contributed by atoms with E-state index >= 15 is 0 Å². The van der Waals surface area contributed by atoms with E-state index in [0.29, 0.717) is 0 Å². The highest BCUT2D eigenvalue weighted by atomic mass is 15.2. The van der Waals surface area contributed by atoms with Crippen molar-refractivity contribution in [2.75, 3.05) is 37.6 Å². The minimum absolute atomic E-state index is 0.118. The lowest BCUT2D eigenvalue weighted by Gasteiger charge is -2.44. The summed E-state index contributed by atoms with van der Waals surface area (Å²) in [7, 11) is 0. The first-order valence-electron chi connectivity index (χ1n) is 8.42. The van der Waals surface area contributed by atoms with Crippen LogP contribution in [0.1, 0.15) is 38.7 Å². The predicted molar refractivity (Wildman–Crippen MR) is 91.9 cm³/mol. The van der Waals surface area contributed by atoms with E-state index in [9.17, 15) is 0 Å². The molecule has 0 bridgehead atoms. The third kappa shape index (κ3) is 3.58. The number of nitrogens with zero attached hydrogens (tertiary/aromatic N) is 2. The number of aryl methyl sites for hydroxylation is 1. The summed E-state index contributed by atoms with van der Waals surface area (Å²) in [5.74, 6) is 0. The van der Waals surface area contributed by atoms with Crippen molar-refractivity contribution in [3.8, 4) is 0 Å². The summed E-state index contributed by atoms with van der Waals surface area (Å²) < 4.78 is 0. The first-order chi connectivity index (χ1) is 10.1. The van der Waals surface area contributed by atoms with Crippen LogP contribution in [0, 0.1) is 6.92 Å². The number of rotatable bonds is 5. The van der Waals surface area contributed by atoms with Crippen LogP contribution < -0.4 is 10.6 Å². The zero-order chi connectivity index (χ0) is 15.3. The van der Waals surface area contributed by atoms with E-state index in [-0.39, 0.29) is 5.54 Å². The Bertz CT molecular complexity index is 446. The van der Waals surface area contributed by atoms with E-state index in [1.807, 2.05) is 0 Å². The highest BCUT2D eigenvalue weighted by Gasteiger charge is 2.36. The van der Waals surface area contributed by atoms with Crippen LogP contribution in [0.25, 0.3) is 0 Å². The summed E-state index contributed by atoms with van der Waals surface area (Å²) in [6.07, 6.45) is 3.61. The lowest BCUT2D eigenvalue weighted by molar-refractivity contribution is 0.285. The zero-order valence-electron chi connectivity index (χ0n) is 13.9. The van der Waals surface area contributed by atoms with Gasteiger partial charge in [-0.3, -0.25) is 0 Å². The second-order valence-corrected chi connectivity index (χ2v) is 6.30. The Hall–Kier alpha value is -1.06. The Balaban J connectivity index is 2.28. The van der Waals surface area contributed by atoms with Crippen LogP contribution in [-0.4, -0.2) is 43.2 Å². The summed E-state index contributed by atoms with van der Waals surface area (Å²) in [5, 5.41) is 0. The second-order valence-electron chi connectivity index (χ2n) is 6.30. The molecule has 0 spiro atoms. The van der Waals surface area contributed by atoms with Crippen LogP contribution in [0.3, 0.4) is 0 Å². The Kier molecular flexibility index (Phi) is 5.65. The maximum atomic E-state index is 6.29. The molecule has 2 N–H and O–H groups in total. The first-order valence-corrected chi connectivity index (χ1v) is 8.42. The van der Waals surface area contributed by atoms with Gasteiger partial charge in [0, 0.05) is 25.3 Å². The number of nitrogens with two attached hydrogens (primary N) is 1. The normalized spacial score (nSPS) is 23.8.